The van der Waals surface area contributed by atoms with Gasteiger partial charge in [0.25, 0.3) is 0 Å². The Kier molecular flexibility index (Phi) is 7.04. The molecule has 0 atom stereocenters. The summed E-state index contributed by atoms with van der Waals surface area (Å²) in [7, 11) is 0. The van der Waals surface area contributed by atoms with E-state index in [-0.39, 0.29) is 18.1 Å². The molecule has 158 valence electrons. The zero-order valence-corrected chi connectivity index (χ0v) is 17.1. The number of halogens is 5. The Morgan fingerprint density at radius 1 is 1.17 bits per heavy atom. The van der Waals surface area contributed by atoms with Gasteiger partial charge in [0.2, 0.25) is 0 Å². The molecule has 2 aromatic carbocycles. The Morgan fingerprint density at radius 3 is 2.63 bits per heavy atom. The van der Waals surface area contributed by atoms with Gasteiger partial charge in [-0.2, -0.15) is 13.2 Å². The number of hydrogen-bond acceptors (Lipinski definition) is 4. The Hall–Kier alpha value is -2.52. The van der Waals surface area contributed by atoms with E-state index in [1.165, 1.54) is 36.0 Å². The first kappa shape index (κ1) is 22.2. The van der Waals surface area contributed by atoms with Crippen LogP contribution >= 0.6 is 23.4 Å². The van der Waals surface area contributed by atoms with E-state index in [1.54, 1.807) is 16.7 Å². The van der Waals surface area contributed by atoms with Gasteiger partial charge in [0.15, 0.2) is 11.0 Å². The van der Waals surface area contributed by atoms with Crippen molar-refractivity contribution in [3.8, 4) is 5.75 Å². The molecule has 0 N–H and O–H groups in total. The molecule has 0 saturated carbocycles. The fraction of sp³-hybridized carbons (Fsp3) is 0.200. The van der Waals surface area contributed by atoms with E-state index >= 15 is 0 Å². The van der Waals surface area contributed by atoms with E-state index in [9.17, 15) is 17.6 Å². The summed E-state index contributed by atoms with van der Waals surface area (Å²) in [6.07, 6.45) is -2.84. The topological polar surface area (TPSA) is 39.9 Å². The second kappa shape index (κ2) is 9.53. The first-order valence-electron chi connectivity index (χ1n) is 8.68. The molecule has 30 heavy (non-hydrogen) atoms. The first-order chi connectivity index (χ1) is 14.3. The van der Waals surface area contributed by atoms with Crippen LogP contribution in [0.2, 0.25) is 5.02 Å². The van der Waals surface area contributed by atoms with Crippen LogP contribution in [0.3, 0.4) is 0 Å². The van der Waals surface area contributed by atoms with Crippen LogP contribution in [0.15, 0.2) is 60.3 Å². The molecule has 3 aromatic rings. The lowest BCUT2D eigenvalue weighted by Gasteiger charge is -2.11. The number of allylic oxidation sites excluding steroid dienone is 1. The molecule has 10 heteroatoms. The van der Waals surface area contributed by atoms with Crippen molar-refractivity contribution in [1.82, 2.24) is 14.8 Å². The third-order valence-corrected chi connectivity index (χ3v) is 5.39. The van der Waals surface area contributed by atoms with Crippen molar-refractivity contribution in [3.63, 3.8) is 0 Å². The van der Waals surface area contributed by atoms with E-state index in [0.717, 1.165) is 12.1 Å². The van der Waals surface area contributed by atoms with Gasteiger partial charge in [-0.15, -0.1) is 16.8 Å². The Labute approximate surface area is 179 Å². The maximum absolute atomic E-state index is 14.0. The standard InChI is InChI=1S/C20H16ClF4N3OS/c1-2-9-28-18(11-29-14-6-3-5-13(10-14)20(23,24)25)26-27-19(28)30-12-15-16(21)7-4-8-17(15)22/h2-8,10H,1,9,11-12H2. The summed E-state index contributed by atoms with van der Waals surface area (Å²) in [4.78, 5) is 0. The average molecular weight is 458 g/mol. The largest absolute Gasteiger partial charge is 0.486 e. The van der Waals surface area contributed by atoms with Gasteiger partial charge in [-0.25, -0.2) is 4.39 Å². The predicted octanol–water partition coefficient (Wildman–Crippen LogP) is 6.15. The molecule has 3 rings (SSSR count). The molecule has 0 bridgehead atoms. The Morgan fingerprint density at radius 2 is 1.93 bits per heavy atom. The second-order valence-corrected chi connectivity index (χ2v) is 7.45. The summed E-state index contributed by atoms with van der Waals surface area (Å²) in [5.74, 6) is 0.271. The molecule has 1 aromatic heterocycles. The summed E-state index contributed by atoms with van der Waals surface area (Å²) in [5.41, 5.74) is -0.454. The van der Waals surface area contributed by atoms with Crippen molar-refractivity contribution >= 4 is 23.4 Å². The van der Waals surface area contributed by atoms with E-state index in [4.69, 9.17) is 16.3 Å². The molecule has 0 amide bonds. The molecule has 0 fully saturated rings. The minimum Gasteiger partial charge on any atom is -0.486 e. The molecule has 0 saturated heterocycles. The van der Waals surface area contributed by atoms with Crippen molar-refractivity contribution in [3.05, 3.63) is 82.9 Å². The van der Waals surface area contributed by atoms with Gasteiger partial charge >= 0.3 is 6.18 Å². The van der Waals surface area contributed by atoms with Crippen LogP contribution in [0.4, 0.5) is 17.6 Å². The van der Waals surface area contributed by atoms with Gasteiger partial charge in [-0.1, -0.05) is 41.6 Å². The molecular formula is C20H16ClF4N3OS. The lowest BCUT2D eigenvalue weighted by atomic mass is 10.2. The number of alkyl halides is 3. The monoisotopic (exact) mass is 457 g/mol. The number of ether oxygens (including phenoxy) is 1. The van der Waals surface area contributed by atoms with Gasteiger partial charge < -0.3 is 4.74 Å². The van der Waals surface area contributed by atoms with Crippen LogP contribution in [0.25, 0.3) is 0 Å². The number of nitrogens with zero attached hydrogens (tertiary/aromatic N) is 3. The quantitative estimate of drug-likeness (QED) is 0.231. The number of benzene rings is 2. The van der Waals surface area contributed by atoms with Gasteiger partial charge in [-0.3, -0.25) is 4.57 Å². The smallest absolute Gasteiger partial charge is 0.416 e. The fourth-order valence-corrected chi connectivity index (χ4v) is 3.87. The lowest BCUT2D eigenvalue weighted by molar-refractivity contribution is -0.137. The molecule has 1 heterocycles. The number of rotatable bonds is 8. The summed E-state index contributed by atoms with van der Waals surface area (Å²) in [6.45, 7) is 3.94. The first-order valence-corrected chi connectivity index (χ1v) is 10.0. The summed E-state index contributed by atoms with van der Waals surface area (Å²) >= 11 is 7.28. The van der Waals surface area contributed by atoms with Crippen LogP contribution in [0.1, 0.15) is 17.0 Å². The Balaban J connectivity index is 1.74. The summed E-state index contributed by atoms with van der Waals surface area (Å²) < 4.78 is 59.7. The maximum atomic E-state index is 14.0. The normalized spacial score (nSPS) is 11.5. The highest BCUT2D eigenvalue weighted by Crippen LogP contribution is 2.32. The number of aromatic nitrogens is 3. The molecular weight excluding hydrogens is 442 g/mol. The third-order valence-electron chi connectivity index (χ3n) is 4.04. The van der Waals surface area contributed by atoms with Crippen LogP contribution in [0, 0.1) is 5.82 Å². The zero-order chi connectivity index (χ0) is 21.7. The summed E-state index contributed by atoms with van der Waals surface area (Å²) in [5, 5.41) is 8.92. The third kappa shape index (κ3) is 5.34. The molecule has 0 aliphatic rings. The highest BCUT2D eigenvalue weighted by Gasteiger charge is 2.30. The van der Waals surface area contributed by atoms with E-state index in [2.05, 4.69) is 16.8 Å². The van der Waals surface area contributed by atoms with Crippen LogP contribution in [0.5, 0.6) is 5.75 Å². The van der Waals surface area contributed by atoms with Crippen molar-refractivity contribution < 1.29 is 22.3 Å². The minimum absolute atomic E-state index is 0.0605. The number of hydrogen-bond donors (Lipinski definition) is 0. The second-order valence-electron chi connectivity index (χ2n) is 6.10. The molecule has 4 nitrogen and oxygen atoms in total. The van der Waals surface area contributed by atoms with Gasteiger partial charge in [0, 0.05) is 22.9 Å². The Bertz CT molecular complexity index is 1020. The van der Waals surface area contributed by atoms with Gasteiger partial charge in [0.1, 0.15) is 18.2 Å². The van der Waals surface area contributed by atoms with Crippen molar-refractivity contribution in [2.24, 2.45) is 0 Å². The van der Waals surface area contributed by atoms with Crippen molar-refractivity contribution in [2.45, 2.75) is 30.2 Å². The van der Waals surface area contributed by atoms with Gasteiger partial charge in [0.05, 0.1) is 5.56 Å². The molecule has 0 radical (unpaired) electrons. The van der Waals surface area contributed by atoms with E-state index in [0.29, 0.717) is 28.1 Å². The van der Waals surface area contributed by atoms with E-state index in [1.807, 2.05) is 0 Å². The predicted molar refractivity (Wildman–Crippen MR) is 107 cm³/mol. The lowest BCUT2D eigenvalue weighted by Crippen LogP contribution is -2.09. The van der Waals surface area contributed by atoms with Gasteiger partial charge in [-0.05, 0) is 30.3 Å². The molecule has 0 aliphatic heterocycles. The summed E-state index contributed by atoms with van der Waals surface area (Å²) in [6, 6.07) is 9.04. The highest BCUT2D eigenvalue weighted by molar-refractivity contribution is 7.98. The fourth-order valence-electron chi connectivity index (χ4n) is 2.56. The van der Waals surface area contributed by atoms with Crippen LogP contribution < -0.4 is 4.74 Å². The molecule has 0 aliphatic carbocycles. The maximum Gasteiger partial charge on any atom is 0.416 e. The van der Waals surface area contributed by atoms with Crippen LogP contribution in [-0.4, -0.2) is 14.8 Å². The number of thioether (sulfide) groups is 1. The van der Waals surface area contributed by atoms with E-state index < -0.39 is 17.6 Å². The minimum atomic E-state index is -4.46. The molecule has 0 spiro atoms. The zero-order valence-electron chi connectivity index (χ0n) is 15.5. The SMILES string of the molecule is C=CCn1c(COc2cccc(C(F)(F)F)c2)nnc1SCc1c(F)cccc1Cl. The van der Waals surface area contributed by atoms with Crippen molar-refractivity contribution in [1.29, 1.82) is 0 Å². The highest BCUT2D eigenvalue weighted by atomic mass is 35.5. The van der Waals surface area contributed by atoms with Crippen molar-refractivity contribution in [2.75, 3.05) is 0 Å². The van der Waals surface area contributed by atoms with Crippen LogP contribution in [-0.2, 0) is 25.1 Å². The average Bonchev–Trinajstić information content (AvgIpc) is 3.08. The molecule has 0 unspecified atom stereocenters.